The lowest BCUT2D eigenvalue weighted by atomic mass is 9.69. The van der Waals surface area contributed by atoms with Gasteiger partial charge >= 0.3 is 7.48 Å². The van der Waals surface area contributed by atoms with Crippen LogP contribution in [-0.4, -0.2) is 12.5 Å². The predicted molar refractivity (Wildman–Crippen MR) is 163 cm³/mol. The highest BCUT2D eigenvalue weighted by atomic mass is 16.3. The Bertz CT molecular complexity index is 2160. The van der Waals surface area contributed by atoms with Crippen LogP contribution < -0.4 is 5.46 Å². The van der Waals surface area contributed by atoms with Gasteiger partial charge in [-0.2, -0.15) is 0 Å². The number of rotatable bonds is 2. The summed E-state index contributed by atoms with van der Waals surface area (Å²) < 4.78 is 6.45. The first-order valence-corrected chi connectivity index (χ1v) is 13.7. The summed E-state index contributed by atoms with van der Waals surface area (Å²) in [6, 6.07) is 45.4. The summed E-state index contributed by atoms with van der Waals surface area (Å²) in [5.41, 5.74) is 14.4. The highest BCUT2D eigenvalue weighted by Gasteiger charge is 2.51. The standard InChI is InChI=1S/C37H22BO2/c39-38-23-17-19-28-26-9-2-5-14-32(26)37(34(28)21-23)31-13-4-1-8-25(31)27-18-16-22(20-33(27)37)24-11-7-12-30-29-10-3-6-15-35(29)40-36(24)30/h1-21,39H. The summed E-state index contributed by atoms with van der Waals surface area (Å²) in [5, 5.41) is 12.3. The van der Waals surface area contributed by atoms with Crippen LogP contribution in [0.2, 0.25) is 0 Å². The molecular weight excluding hydrogens is 487 g/mol. The number of furan rings is 1. The molecule has 0 saturated carbocycles. The molecule has 40 heavy (non-hydrogen) atoms. The number of fused-ring (bicyclic) bond motifs is 13. The quantitative estimate of drug-likeness (QED) is 0.241. The fraction of sp³-hybridized carbons (Fsp3) is 0.0270. The fourth-order valence-electron chi connectivity index (χ4n) is 7.38. The molecule has 0 amide bonds. The highest BCUT2D eigenvalue weighted by molar-refractivity contribution is 6.45. The summed E-state index contributed by atoms with van der Waals surface area (Å²) in [7, 11) is 1.21. The van der Waals surface area contributed by atoms with Crippen molar-refractivity contribution in [2.24, 2.45) is 0 Å². The minimum atomic E-state index is -0.478. The van der Waals surface area contributed by atoms with E-state index in [-0.39, 0.29) is 0 Å². The molecule has 0 saturated heterocycles. The summed E-state index contributed by atoms with van der Waals surface area (Å²) >= 11 is 0. The monoisotopic (exact) mass is 509 g/mol. The minimum Gasteiger partial charge on any atom is -0.455 e. The number of benzene rings is 6. The van der Waals surface area contributed by atoms with Crippen LogP contribution in [0, 0.1) is 0 Å². The van der Waals surface area contributed by atoms with Crippen molar-refractivity contribution in [2.75, 3.05) is 0 Å². The third-order valence-corrected chi connectivity index (χ3v) is 8.98. The summed E-state index contributed by atoms with van der Waals surface area (Å²) in [4.78, 5) is 0. The number of para-hydroxylation sites is 2. The summed E-state index contributed by atoms with van der Waals surface area (Å²) in [6.07, 6.45) is 0. The molecule has 9 rings (SSSR count). The molecule has 1 heterocycles. The average molecular weight is 509 g/mol. The first kappa shape index (κ1) is 22.0. The predicted octanol–water partition coefficient (Wildman–Crippen LogP) is 7.83. The first-order chi connectivity index (χ1) is 19.8. The van der Waals surface area contributed by atoms with Crippen LogP contribution in [0.3, 0.4) is 0 Å². The molecule has 185 valence electrons. The lowest BCUT2D eigenvalue weighted by molar-refractivity contribution is 0.615. The molecule has 3 heteroatoms. The molecule has 1 N–H and O–H groups in total. The van der Waals surface area contributed by atoms with E-state index in [0.29, 0.717) is 0 Å². The van der Waals surface area contributed by atoms with Gasteiger partial charge in [-0.15, -0.1) is 0 Å². The summed E-state index contributed by atoms with van der Waals surface area (Å²) in [6.45, 7) is 0. The van der Waals surface area contributed by atoms with E-state index in [0.717, 1.165) is 38.5 Å². The highest BCUT2D eigenvalue weighted by Crippen LogP contribution is 2.63. The first-order valence-electron chi connectivity index (χ1n) is 13.7. The van der Waals surface area contributed by atoms with Crippen molar-refractivity contribution in [2.45, 2.75) is 5.41 Å². The molecule has 0 bridgehead atoms. The Morgan fingerprint density at radius 3 is 1.88 bits per heavy atom. The molecule has 2 aliphatic rings. The van der Waals surface area contributed by atoms with Gasteiger partial charge in [0, 0.05) is 16.3 Å². The third kappa shape index (κ3) is 2.63. The van der Waals surface area contributed by atoms with Gasteiger partial charge in [0.15, 0.2) is 0 Å². The van der Waals surface area contributed by atoms with Crippen LogP contribution in [0.15, 0.2) is 132 Å². The van der Waals surface area contributed by atoms with Crippen molar-refractivity contribution in [3.8, 4) is 33.4 Å². The van der Waals surface area contributed by atoms with Crippen LogP contribution in [0.25, 0.3) is 55.3 Å². The van der Waals surface area contributed by atoms with Gasteiger partial charge in [0.2, 0.25) is 0 Å². The number of hydrogen-bond acceptors (Lipinski definition) is 2. The van der Waals surface area contributed by atoms with E-state index in [1.165, 1.54) is 52.0 Å². The molecule has 2 nitrogen and oxygen atoms in total. The normalized spacial score (nSPS) is 16.2. The molecule has 1 atom stereocenters. The Balaban J connectivity index is 1.39. The van der Waals surface area contributed by atoms with E-state index in [2.05, 4.69) is 109 Å². The second kappa shape index (κ2) is 7.85. The Hall–Kier alpha value is -4.86. The average Bonchev–Trinajstić information content (AvgIpc) is 3.64. The van der Waals surface area contributed by atoms with Crippen LogP contribution in [0.5, 0.6) is 0 Å². The van der Waals surface area contributed by atoms with Crippen molar-refractivity contribution >= 4 is 34.9 Å². The Labute approximate surface area is 232 Å². The van der Waals surface area contributed by atoms with Crippen molar-refractivity contribution in [3.05, 3.63) is 150 Å². The van der Waals surface area contributed by atoms with Crippen molar-refractivity contribution < 1.29 is 9.44 Å². The van der Waals surface area contributed by atoms with Crippen molar-refractivity contribution in [3.63, 3.8) is 0 Å². The van der Waals surface area contributed by atoms with E-state index in [4.69, 9.17) is 4.42 Å². The van der Waals surface area contributed by atoms with Crippen LogP contribution in [0.4, 0.5) is 0 Å². The molecule has 1 aromatic heterocycles. The fourth-order valence-corrected chi connectivity index (χ4v) is 7.38. The second-order valence-corrected chi connectivity index (χ2v) is 10.8. The molecule has 6 aromatic carbocycles. The van der Waals surface area contributed by atoms with Gasteiger partial charge in [-0.1, -0.05) is 121 Å². The lowest BCUT2D eigenvalue weighted by Gasteiger charge is -2.31. The van der Waals surface area contributed by atoms with E-state index in [1.807, 2.05) is 18.2 Å². The van der Waals surface area contributed by atoms with Crippen molar-refractivity contribution in [1.82, 2.24) is 0 Å². The largest absolute Gasteiger partial charge is 0.455 e. The van der Waals surface area contributed by atoms with Crippen LogP contribution in [-0.2, 0) is 5.41 Å². The maximum Gasteiger partial charge on any atom is 0.326 e. The van der Waals surface area contributed by atoms with Gasteiger partial charge in [0.1, 0.15) is 11.2 Å². The van der Waals surface area contributed by atoms with E-state index in [9.17, 15) is 5.02 Å². The molecular formula is C37H22BO2. The van der Waals surface area contributed by atoms with Crippen LogP contribution in [0.1, 0.15) is 22.3 Å². The van der Waals surface area contributed by atoms with E-state index >= 15 is 0 Å². The van der Waals surface area contributed by atoms with Gasteiger partial charge in [0.25, 0.3) is 0 Å². The molecule has 7 aromatic rings. The van der Waals surface area contributed by atoms with E-state index in [1.54, 1.807) is 0 Å². The maximum atomic E-state index is 10.0. The van der Waals surface area contributed by atoms with Crippen LogP contribution >= 0.6 is 0 Å². The zero-order valence-electron chi connectivity index (χ0n) is 21.6. The molecule has 0 aliphatic heterocycles. The zero-order valence-corrected chi connectivity index (χ0v) is 21.6. The van der Waals surface area contributed by atoms with Crippen molar-refractivity contribution in [1.29, 1.82) is 0 Å². The molecule has 1 spiro atoms. The van der Waals surface area contributed by atoms with Gasteiger partial charge in [0.05, 0.1) is 5.41 Å². The maximum absolute atomic E-state index is 10.0. The molecule has 0 fully saturated rings. The molecule has 2 aliphatic carbocycles. The van der Waals surface area contributed by atoms with Gasteiger partial charge in [-0.3, -0.25) is 0 Å². The van der Waals surface area contributed by atoms with Gasteiger partial charge in [-0.05, 0) is 62.2 Å². The molecule has 1 unspecified atom stereocenters. The third-order valence-electron chi connectivity index (χ3n) is 8.98. The Morgan fingerprint density at radius 2 is 1.10 bits per heavy atom. The van der Waals surface area contributed by atoms with Gasteiger partial charge < -0.3 is 9.44 Å². The SMILES string of the molecule is O[B]c1ccc2c(c1)C1(c3ccccc3-2)c2ccccc2-c2ccc(-c3cccc4c3oc3ccccc34)cc21. The zero-order chi connectivity index (χ0) is 26.4. The Kier molecular flexibility index (Phi) is 4.32. The minimum absolute atomic E-state index is 0.478. The summed E-state index contributed by atoms with van der Waals surface area (Å²) in [5.74, 6) is 0. The van der Waals surface area contributed by atoms with E-state index < -0.39 is 5.41 Å². The number of hydrogen-bond donors (Lipinski definition) is 1. The second-order valence-electron chi connectivity index (χ2n) is 10.8. The lowest BCUT2D eigenvalue weighted by Crippen LogP contribution is -2.27. The van der Waals surface area contributed by atoms with Gasteiger partial charge in [-0.25, -0.2) is 0 Å². The topological polar surface area (TPSA) is 33.4 Å². The molecule has 1 radical (unpaired) electrons. The Morgan fingerprint density at radius 1 is 0.500 bits per heavy atom. The smallest absolute Gasteiger partial charge is 0.326 e.